The molecule has 0 amide bonds. The molecule has 0 saturated heterocycles. The summed E-state index contributed by atoms with van der Waals surface area (Å²) in [5.74, 6) is 0.833. The summed E-state index contributed by atoms with van der Waals surface area (Å²) in [4.78, 5) is 0. The lowest BCUT2D eigenvalue weighted by atomic mass is 10.1. The minimum Gasteiger partial charge on any atom is -0.497 e. The molecular weight excluding hydrogens is 372 g/mol. The lowest BCUT2D eigenvalue weighted by Crippen LogP contribution is -2.25. The SMILES string of the molecule is COc1ccc(-c2cc3ccccc3n2C[C@H](O)CNc2ccc(C)cc2C)cc1. The Balaban J connectivity index is 1.59. The number of aliphatic hydroxyl groups is 1. The average molecular weight is 401 g/mol. The molecule has 0 unspecified atom stereocenters. The molecule has 30 heavy (non-hydrogen) atoms. The average Bonchev–Trinajstić information content (AvgIpc) is 3.11. The number of hydrogen-bond donors (Lipinski definition) is 2. The first-order chi connectivity index (χ1) is 14.5. The molecule has 0 aliphatic rings. The molecule has 1 heterocycles. The van der Waals surface area contributed by atoms with Crippen LogP contribution in [0, 0.1) is 13.8 Å². The van der Waals surface area contributed by atoms with Crippen LogP contribution in [0.25, 0.3) is 22.2 Å². The van der Waals surface area contributed by atoms with Crippen molar-refractivity contribution in [3.8, 4) is 17.0 Å². The number of anilines is 1. The highest BCUT2D eigenvalue weighted by atomic mass is 16.5. The van der Waals surface area contributed by atoms with Crippen LogP contribution in [0.15, 0.2) is 72.8 Å². The van der Waals surface area contributed by atoms with E-state index in [1.54, 1.807) is 7.11 Å². The van der Waals surface area contributed by atoms with Crippen LogP contribution in [0.1, 0.15) is 11.1 Å². The number of aliphatic hydroxyl groups excluding tert-OH is 1. The third-order valence-corrected chi connectivity index (χ3v) is 5.50. The van der Waals surface area contributed by atoms with Gasteiger partial charge in [0, 0.05) is 28.8 Å². The maximum Gasteiger partial charge on any atom is 0.118 e. The molecule has 0 aliphatic carbocycles. The van der Waals surface area contributed by atoms with Gasteiger partial charge >= 0.3 is 0 Å². The Morgan fingerprint density at radius 1 is 0.967 bits per heavy atom. The Hall–Kier alpha value is -3.24. The van der Waals surface area contributed by atoms with Crippen LogP contribution in [0.3, 0.4) is 0 Å². The predicted octanol–water partition coefficient (Wildman–Crippen LogP) is 5.41. The largest absolute Gasteiger partial charge is 0.497 e. The van der Waals surface area contributed by atoms with Crippen molar-refractivity contribution in [3.05, 3.63) is 83.9 Å². The van der Waals surface area contributed by atoms with Gasteiger partial charge in [0.2, 0.25) is 0 Å². The van der Waals surface area contributed by atoms with E-state index in [0.29, 0.717) is 13.1 Å². The van der Waals surface area contributed by atoms with Gasteiger partial charge in [-0.25, -0.2) is 0 Å². The van der Waals surface area contributed by atoms with Gasteiger partial charge in [-0.3, -0.25) is 0 Å². The Morgan fingerprint density at radius 2 is 1.73 bits per heavy atom. The molecule has 1 aromatic heterocycles. The zero-order valence-electron chi connectivity index (χ0n) is 17.7. The molecule has 0 spiro atoms. The van der Waals surface area contributed by atoms with Gasteiger partial charge in [0.05, 0.1) is 19.8 Å². The number of nitrogens with one attached hydrogen (secondary N) is 1. The molecule has 4 rings (SSSR count). The van der Waals surface area contributed by atoms with Gasteiger partial charge in [0.15, 0.2) is 0 Å². The Morgan fingerprint density at radius 3 is 2.47 bits per heavy atom. The van der Waals surface area contributed by atoms with E-state index in [9.17, 15) is 5.11 Å². The van der Waals surface area contributed by atoms with Crippen molar-refractivity contribution >= 4 is 16.6 Å². The molecule has 4 aromatic rings. The summed E-state index contributed by atoms with van der Waals surface area (Å²) in [7, 11) is 1.67. The lowest BCUT2D eigenvalue weighted by Gasteiger charge is -2.18. The maximum absolute atomic E-state index is 10.8. The van der Waals surface area contributed by atoms with Crippen molar-refractivity contribution in [1.29, 1.82) is 0 Å². The van der Waals surface area contributed by atoms with Gasteiger partial charge < -0.3 is 19.7 Å². The zero-order valence-corrected chi connectivity index (χ0v) is 17.7. The number of aromatic nitrogens is 1. The molecule has 1 atom stereocenters. The van der Waals surface area contributed by atoms with E-state index in [1.165, 1.54) is 11.1 Å². The summed E-state index contributed by atoms with van der Waals surface area (Å²) in [6, 6.07) is 24.8. The van der Waals surface area contributed by atoms with Crippen LogP contribution in [0.5, 0.6) is 5.75 Å². The second kappa shape index (κ2) is 8.64. The predicted molar refractivity (Wildman–Crippen MR) is 124 cm³/mol. The molecule has 154 valence electrons. The van der Waals surface area contributed by atoms with Crippen molar-refractivity contribution in [2.75, 3.05) is 19.0 Å². The van der Waals surface area contributed by atoms with Crippen molar-refractivity contribution < 1.29 is 9.84 Å². The number of aryl methyl sites for hydroxylation is 2. The molecule has 4 heteroatoms. The molecule has 0 fully saturated rings. The van der Waals surface area contributed by atoms with Crippen LogP contribution in [-0.2, 0) is 6.54 Å². The highest BCUT2D eigenvalue weighted by Gasteiger charge is 2.14. The fraction of sp³-hybridized carbons (Fsp3) is 0.231. The monoisotopic (exact) mass is 400 g/mol. The van der Waals surface area contributed by atoms with Crippen LogP contribution >= 0.6 is 0 Å². The van der Waals surface area contributed by atoms with Crippen molar-refractivity contribution in [1.82, 2.24) is 4.57 Å². The Labute approximate surface area is 177 Å². The van der Waals surface area contributed by atoms with E-state index in [-0.39, 0.29) is 0 Å². The fourth-order valence-electron chi connectivity index (χ4n) is 3.92. The first kappa shape index (κ1) is 20.0. The van der Waals surface area contributed by atoms with Gasteiger partial charge in [-0.05, 0) is 67.4 Å². The Kier molecular flexibility index (Phi) is 5.77. The number of nitrogens with zero attached hydrogens (tertiary/aromatic N) is 1. The van der Waals surface area contributed by atoms with E-state index in [4.69, 9.17) is 4.74 Å². The third kappa shape index (κ3) is 4.19. The number of rotatable bonds is 7. The van der Waals surface area contributed by atoms with E-state index in [0.717, 1.165) is 33.6 Å². The van der Waals surface area contributed by atoms with Crippen molar-refractivity contribution in [3.63, 3.8) is 0 Å². The first-order valence-corrected chi connectivity index (χ1v) is 10.3. The molecule has 0 saturated carbocycles. The van der Waals surface area contributed by atoms with Crippen LogP contribution in [0.2, 0.25) is 0 Å². The summed E-state index contributed by atoms with van der Waals surface area (Å²) in [5, 5.41) is 15.4. The van der Waals surface area contributed by atoms with Gasteiger partial charge in [-0.2, -0.15) is 0 Å². The molecule has 2 N–H and O–H groups in total. The van der Waals surface area contributed by atoms with Crippen LogP contribution in [-0.4, -0.2) is 29.4 Å². The van der Waals surface area contributed by atoms with Crippen LogP contribution in [0.4, 0.5) is 5.69 Å². The third-order valence-electron chi connectivity index (χ3n) is 5.50. The zero-order chi connectivity index (χ0) is 21.1. The highest BCUT2D eigenvalue weighted by molar-refractivity contribution is 5.87. The minimum absolute atomic E-state index is 0.485. The van der Waals surface area contributed by atoms with Crippen molar-refractivity contribution in [2.45, 2.75) is 26.5 Å². The van der Waals surface area contributed by atoms with Crippen LogP contribution < -0.4 is 10.1 Å². The van der Waals surface area contributed by atoms with Gasteiger partial charge in [0.25, 0.3) is 0 Å². The quantitative estimate of drug-likeness (QED) is 0.436. The van der Waals surface area contributed by atoms with Gasteiger partial charge in [-0.1, -0.05) is 35.9 Å². The topological polar surface area (TPSA) is 46.4 Å². The van der Waals surface area contributed by atoms with E-state index < -0.39 is 6.10 Å². The summed E-state index contributed by atoms with van der Waals surface area (Å²) in [6.45, 7) is 5.16. The molecular formula is C26H28N2O2. The van der Waals surface area contributed by atoms with Gasteiger partial charge in [0.1, 0.15) is 5.75 Å². The summed E-state index contributed by atoms with van der Waals surface area (Å²) < 4.78 is 7.49. The van der Waals surface area contributed by atoms with Crippen molar-refractivity contribution in [2.24, 2.45) is 0 Å². The molecule has 0 bridgehead atoms. The lowest BCUT2D eigenvalue weighted by molar-refractivity contribution is 0.169. The number of methoxy groups -OCH3 is 1. The first-order valence-electron chi connectivity index (χ1n) is 10.3. The number of ether oxygens (including phenoxy) is 1. The second-order valence-corrected chi connectivity index (χ2v) is 7.78. The second-order valence-electron chi connectivity index (χ2n) is 7.78. The van der Waals surface area contributed by atoms with E-state index in [2.05, 4.69) is 72.3 Å². The summed E-state index contributed by atoms with van der Waals surface area (Å²) >= 11 is 0. The van der Waals surface area contributed by atoms with E-state index in [1.807, 2.05) is 24.3 Å². The minimum atomic E-state index is -0.529. The molecule has 4 nitrogen and oxygen atoms in total. The number of hydrogen-bond acceptors (Lipinski definition) is 3. The maximum atomic E-state index is 10.8. The molecule has 0 aliphatic heterocycles. The standard InChI is InChI=1S/C26H28N2O2/c1-18-8-13-24(19(2)14-18)27-16-22(29)17-28-25-7-5-4-6-21(25)15-26(28)20-9-11-23(30-3)12-10-20/h4-15,22,27,29H,16-17H2,1-3H3/t22-/m1/s1. The number of fused-ring (bicyclic) bond motifs is 1. The smallest absolute Gasteiger partial charge is 0.118 e. The molecule has 0 radical (unpaired) electrons. The highest BCUT2D eigenvalue weighted by Crippen LogP contribution is 2.30. The molecule has 3 aromatic carbocycles. The summed E-state index contributed by atoms with van der Waals surface area (Å²) in [6.07, 6.45) is -0.529. The van der Waals surface area contributed by atoms with Gasteiger partial charge in [-0.15, -0.1) is 0 Å². The summed E-state index contributed by atoms with van der Waals surface area (Å²) in [5.41, 5.74) is 6.79. The van der Waals surface area contributed by atoms with E-state index >= 15 is 0 Å². The fourth-order valence-corrected chi connectivity index (χ4v) is 3.92. The number of para-hydroxylation sites is 1. The normalized spacial score (nSPS) is 12.1. The number of benzene rings is 3. The Bertz CT molecular complexity index is 1150.